The van der Waals surface area contributed by atoms with E-state index in [0.717, 1.165) is 15.0 Å². The molecule has 0 spiro atoms. The van der Waals surface area contributed by atoms with Crippen LogP contribution in [0.3, 0.4) is 0 Å². The van der Waals surface area contributed by atoms with Gasteiger partial charge in [-0.15, -0.1) is 11.3 Å². The van der Waals surface area contributed by atoms with Gasteiger partial charge >= 0.3 is 0 Å². The lowest BCUT2D eigenvalue weighted by atomic mass is 10.2. The average Bonchev–Trinajstić information content (AvgIpc) is 2.70. The molecular weight excluding hydrogens is 336 g/mol. The zero-order chi connectivity index (χ0) is 13.1. The molecule has 18 heavy (non-hydrogen) atoms. The number of thiazole rings is 1. The molecule has 1 amide bonds. The van der Waals surface area contributed by atoms with Crippen molar-refractivity contribution < 1.29 is 4.79 Å². The van der Waals surface area contributed by atoms with Crippen LogP contribution in [0.1, 0.15) is 20.9 Å². The lowest BCUT2D eigenvalue weighted by molar-refractivity contribution is 0.0951. The van der Waals surface area contributed by atoms with E-state index in [1.54, 1.807) is 23.7 Å². The highest BCUT2D eigenvalue weighted by atomic mass is 79.9. The number of carbonyl (C=O) groups is 1. The van der Waals surface area contributed by atoms with E-state index in [2.05, 4.69) is 26.2 Å². The molecule has 0 radical (unpaired) electrons. The van der Waals surface area contributed by atoms with Gasteiger partial charge in [-0.25, -0.2) is 4.98 Å². The minimum Gasteiger partial charge on any atom is -0.347 e. The molecule has 0 aliphatic heterocycles. The summed E-state index contributed by atoms with van der Waals surface area (Å²) in [5.41, 5.74) is 3.26. The highest BCUT2D eigenvalue weighted by Gasteiger charge is 2.09. The van der Waals surface area contributed by atoms with Crippen molar-refractivity contribution in [3.63, 3.8) is 0 Å². The number of aromatic nitrogens is 1. The van der Waals surface area contributed by atoms with Gasteiger partial charge in [-0.2, -0.15) is 0 Å². The van der Waals surface area contributed by atoms with Crippen molar-refractivity contribution in [2.24, 2.45) is 0 Å². The van der Waals surface area contributed by atoms with E-state index in [0.29, 0.717) is 17.1 Å². The molecule has 3 nitrogen and oxygen atoms in total. The first-order chi connectivity index (χ1) is 8.56. The molecule has 1 aromatic carbocycles. The Morgan fingerprint density at radius 3 is 2.89 bits per heavy atom. The smallest absolute Gasteiger partial charge is 0.251 e. The zero-order valence-corrected chi connectivity index (χ0v) is 12.7. The predicted molar refractivity (Wildman–Crippen MR) is 77.2 cm³/mol. The van der Waals surface area contributed by atoms with Crippen molar-refractivity contribution in [1.29, 1.82) is 0 Å². The van der Waals surface area contributed by atoms with Gasteiger partial charge in [-0.3, -0.25) is 4.79 Å². The van der Waals surface area contributed by atoms with Crippen LogP contribution in [-0.2, 0) is 6.54 Å². The Hall–Kier alpha value is -0.910. The summed E-state index contributed by atoms with van der Waals surface area (Å²) in [6.07, 6.45) is 0. The largest absolute Gasteiger partial charge is 0.347 e. The maximum Gasteiger partial charge on any atom is 0.251 e. The number of carbonyl (C=O) groups excluding carboxylic acids is 1. The molecule has 1 N–H and O–H groups in total. The molecule has 1 aromatic heterocycles. The summed E-state index contributed by atoms with van der Waals surface area (Å²) >= 11 is 10.7. The summed E-state index contributed by atoms with van der Waals surface area (Å²) < 4.78 is 0.786. The van der Waals surface area contributed by atoms with Gasteiger partial charge in [-0.05, 0) is 25.1 Å². The summed E-state index contributed by atoms with van der Waals surface area (Å²) in [5.74, 6) is -0.147. The first-order valence-corrected chi connectivity index (χ1v) is 7.24. The fourth-order valence-corrected chi connectivity index (χ4v) is 3.02. The fraction of sp³-hybridized carbons (Fsp3) is 0.167. The lowest BCUT2D eigenvalue weighted by Crippen LogP contribution is -2.22. The lowest BCUT2D eigenvalue weighted by Gasteiger charge is -2.05. The Morgan fingerprint density at radius 1 is 1.50 bits per heavy atom. The maximum atomic E-state index is 11.9. The number of nitrogens with zero attached hydrogens (tertiary/aromatic N) is 1. The summed E-state index contributed by atoms with van der Waals surface area (Å²) in [4.78, 5) is 17.1. The average molecular weight is 346 g/mol. The molecule has 0 atom stereocenters. The first-order valence-electron chi connectivity index (χ1n) is 5.19. The summed E-state index contributed by atoms with van der Waals surface area (Å²) in [7, 11) is 0. The van der Waals surface area contributed by atoms with Gasteiger partial charge < -0.3 is 5.32 Å². The van der Waals surface area contributed by atoms with Crippen molar-refractivity contribution in [2.45, 2.75) is 13.5 Å². The highest BCUT2D eigenvalue weighted by Crippen LogP contribution is 2.19. The molecule has 2 rings (SSSR count). The summed E-state index contributed by atoms with van der Waals surface area (Å²) in [6.45, 7) is 2.41. The summed E-state index contributed by atoms with van der Waals surface area (Å²) in [6, 6.07) is 5.12. The van der Waals surface area contributed by atoms with Crippen molar-refractivity contribution in [3.05, 3.63) is 49.3 Å². The Bertz CT molecular complexity index is 565. The third-order valence-electron chi connectivity index (χ3n) is 2.38. The number of hydrogen-bond acceptors (Lipinski definition) is 3. The third-order valence-corrected chi connectivity index (χ3v) is 3.99. The van der Waals surface area contributed by atoms with Crippen LogP contribution in [0.2, 0.25) is 5.02 Å². The quantitative estimate of drug-likeness (QED) is 0.919. The number of hydrogen-bond donors (Lipinski definition) is 1. The molecule has 0 unspecified atom stereocenters. The molecule has 0 aliphatic rings. The Kier molecular flexibility index (Phi) is 4.37. The van der Waals surface area contributed by atoms with Crippen LogP contribution < -0.4 is 5.32 Å². The van der Waals surface area contributed by atoms with Crippen molar-refractivity contribution >= 4 is 44.8 Å². The van der Waals surface area contributed by atoms with Crippen LogP contribution in [0.15, 0.2) is 28.2 Å². The molecule has 0 bridgehead atoms. The SMILES string of the molecule is Cc1ncsc1CNC(=O)c1cc(Cl)cc(Br)c1. The van der Waals surface area contributed by atoms with Gasteiger partial charge in [0.25, 0.3) is 5.91 Å². The molecule has 0 aliphatic carbocycles. The monoisotopic (exact) mass is 344 g/mol. The normalized spacial score (nSPS) is 10.4. The van der Waals surface area contributed by atoms with E-state index in [-0.39, 0.29) is 5.91 Å². The van der Waals surface area contributed by atoms with Gasteiger partial charge in [0.05, 0.1) is 17.7 Å². The minimum absolute atomic E-state index is 0.147. The van der Waals surface area contributed by atoms with E-state index in [1.807, 2.05) is 6.92 Å². The van der Waals surface area contributed by atoms with Gasteiger partial charge in [0.2, 0.25) is 0 Å². The molecule has 0 fully saturated rings. The molecular formula is C12H10BrClN2OS. The Balaban J connectivity index is 2.06. The van der Waals surface area contributed by atoms with Crippen LogP contribution in [-0.4, -0.2) is 10.9 Å². The predicted octanol–water partition coefficient (Wildman–Crippen LogP) is 3.80. The topological polar surface area (TPSA) is 42.0 Å². The Morgan fingerprint density at radius 2 is 2.28 bits per heavy atom. The standard InChI is InChI=1S/C12H10BrClN2OS/c1-7-11(18-6-16-7)5-15-12(17)8-2-9(13)4-10(14)3-8/h2-4,6H,5H2,1H3,(H,15,17). The number of halogens is 2. The second kappa shape index (κ2) is 5.82. The molecule has 2 aromatic rings. The van der Waals surface area contributed by atoms with Gasteiger partial charge in [-0.1, -0.05) is 27.5 Å². The van der Waals surface area contributed by atoms with Crippen molar-refractivity contribution in [1.82, 2.24) is 10.3 Å². The van der Waals surface area contributed by atoms with E-state index in [1.165, 1.54) is 11.3 Å². The summed E-state index contributed by atoms with van der Waals surface area (Å²) in [5, 5.41) is 3.38. The maximum absolute atomic E-state index is 11.9. The fourth-order valence-electron chi connectivity index (χ4n) is 1.44. The van der Waals surface area contributed by atoms with Crippen LogP contribution in [0.5, 0.6) is 0 Å². The number of aryl methyl sites for hydroxylation is 1. The first kappa shape index (κ1) is 13.5. The molecule has 0 saturated heterocycles. The minimum atomic E-state index is -0.147. The number of nitrogens with one attached hydrogen (secondary N) is 1. The molecule has 1 heterocycles. The van der Waals surface area contributed by atoms with Crippen molar-refractivity contribution in [3.8, 4) is 0 Å². The van der Waals surface area contributed by atoms with E-state index >= 15 is 0 Å². The molecule has 0 saturated carbocycles. The van der Waals surface area contributed by atoms with Crippen LogP contribution in [0, 0.1) is 6.92 Å². The van der Waals surface area contributed by atoms with E-state index < -0.39 is 0 Å². The van der Waals surface area contributed by atoms with Gasteiger partial charge in [0.15, 0.2) is 0 Å². The van der Waals surface area contributed by atoms with Crippen LogP contribution in [0.4, 0.5) is 0 Å². The number of rotatable bonds is 3. The highest BCUT2D eigenvalue weighted by molar-refractivity contribution is 9.10. The Labute approximate surface area is 122 Å². The number of benzene rings is 1. The zero-order valence-electron chi connectivity index (χ0n) is 9.54. The van der Waals surface area contributed by atoms with Gasteiger partial charge in [0.1, 0.15) is 0 Å². The van der Waals surface area contributed by atoms with Crippen LogP contribution >= 0.6 is 38.9 Å². The second-order valence-corrected chi connectivity index (χ2v) is 5.99. The van der Waals surface area contributed by atoms with E-state index in [4.69, 9.17) is 11.6 Å². The van der Waals surface area contributed by atoms with Gasteiger partial charge in [0, 0.05) is 19.9 Å². The van der Waals surface area contributed by atoms with Crippen LogP contribution in [0.25, 0.3) is 0 Å². The molecule has 6 heteroatoms. The number of amides is 1. The van der Waals surface area contributed by atoms with E-state index in [9.17, 15) is 4.79 Å². The van der Waals surface area contributed by atoms with Crippen molar-refractivity contribution in [2.75, 3.05) is 0 Å². The second-order valence-electron chi connectivity index (χ2n) is 3.70. The molecule has 94 valence electrons. The third kappa shape index (κ3) is 3.31.